The lowest BCUT2D eigenvalue weighted by molar-refractivity contribution is -0.0144. The number of carbonyl (C=O) groups is 1. The summed E-state index contributed by atoms with van der Waals surface area (Å²) in [5.41, 5.74) is 0. The minimum Gasteiger partial charge on any atom is -0.438 e. The van der Waals surface area contributed by atoms with Crippen molar-refractivity contribution in [1.82, 2.24) is 14.8 Å². The van der Waals surface area contributed by atoms with Crippen molar-refractivity contribution in [3.05, 3.63) is 18.4 Å². The van der Waals surface area contributed by atoms with Crippen LogP contribution in [-0.2, 0) is 4.74 Å². The molecule has 116 valence electrons. The zero-order valence-electron chi connectivity index (χ0n) is 11.7. The van der Waals surface area contributed by atoms with E-state index in [-0.39, 0.29) is 43.3 Å². The zero-order valence-corrected chi connectivity index (χ0v) is 11.7. The van der Waals surface area contributed by atoms with E-state index in [1.165, 1.54) is 19.7 Å². The summed E-state index contributed by atoms with van der Waals surface area (Å²) in [4.78, 5) is 19.0. The summed E-state index contributed by atoms with van der Waals surface area (Å²) < 4.78 is 37.1. The van der Waals surface area contributed by atoms with Crippen LogP contribution in [0.5, 0.6) is 0 Å². The number of rotatable bonds is 4. The monoisotopic (exact) mass is 301 g/mol. The van der Waals surface area contributed by atoms with E-state index in [4.69, 9.17) is 9.15 Å². The lowest BCUT2D eigenvalue weighted by Gasteiger charge is -2.45. The molecule has 1 aromatic rings. The molecule has 0 N–H and O–H groups in total. The van der Waals surface area contributed by atoms with Crippen LogP contribution in [0.3, 0.4) is 0 Å². The SMILES string of the molecule is COC[C@@H]1CC(F)(F)CN1C1CN(C(=O)c2cnco2)C1. The fourth-order valence-electron chi connectivity index (χ4n) is 3.01. The van der Waals surface area contributed by atoms with Gasteiger partial charge in [0.1, 0.15) is 0 Å². The molecule has 0 radical (unpaired) electrons. The number of halogens is 2. The first kappa shape index (κ1) is 14.4. The lowest BCUT2D eigenvalue weighted by Crippen LogP contribution is -2.62. The third-order valence-corrected chi connectivity index (χ3v) is 4.04. The van der Waals surface area contributed by atoms with Crippen molar-refractivity contribution in [3.8, 4) is 0 Å². The minimum atomic E-state index is -2.68. The third kappa shape index (κ3) is 2.77. The maximum absolute atomic E-state index is 13.6. The van der Waals surface area contributed by atoms with Crippen molar-refractivity contribution in [2.24, 2.45) is 0 Å². The smallest absolute Gasteiger partial charge is 0.291 e. The van der Waals surface area contributed by atoms with Gasteiger partial charge in [0.2, 0.25) is 5.76 Å². The Bertz CT molecular complexity index is 503. The molecule has 2 saturated heterocycles. The number of ether oxygens (including phenoxy) is 1. The van der Waals surface area contributed by atoms with Gasteiger partial charge in [0.25, 0.3) is 11.8 Å². The van der Waals surface area contributed by atoms with E-state index in [1.54, 1.807) is 9.80 Å². The first-order valence-electron chi connectivity index (χ1n) is 6.80. The fraction of sp³-hybridized carbons (Fsp3) is 0.692. The second-order valence-corrected chi connectivity index (χ2v) is 5.57. The van der Waals surface area contributed by atoms with E-state index < -0.39 is 5.92 Å². The van der Waals surface area contributed by atoms with Crippen LogP contribution in [0.15, 0.2) is 17.0 Å². The molecule has 0 bridgehead atoms. The number of likely N-dealkylation sites (tertiary alicyclic amines) is 2. The molecule has 1 atom stereocenters. The summed E-state index contributed by atoms with van der Waals surface area (Å²) in [6, 6.07) is -0.345. The van der Waals surface area contributed by atoms with Crippen LogP contribution in [0.1, 0.15) is 17.0 Å². The van der Waals surface area contributed by atoms with Gasteiger partial charge in [-0.2, -0.15) is 0 Å². The number of alkyl halides is 2. The van der Waals surface area contributed by atoms with Gasteiger partial charge in [0.15, 0.2) is 6.39 Å². The van der Waals surface area contributed by atoms with Crippen molar-refractivity contribution >= 4 is 5.91 Å². The number of hydrogen-bond donors (Lipinski definition) is 0. The maximum atomic E-state index is 13.6. The molecule has 3 heterocycles. The largest absolute Gasteiger partial charge is 0.438 e. The molecule has 2 fully saturated rings. The number of carbonyl (C=O) groups excluding carboxylic acids is 1. The van der Waals surface area contributed by atoms with Gasteiger partial charge in [-0.15, -0.1) is 0 Å². The zero-order chi connectivity index (χ0) is 15.0. The molecule has 6 nitrogen and oxygen atoms in total. The maximum Gasteiger partial charge on any atom is 0.291 e. The van der Waals surface area contributed by atoms with Gasteiger partial charge in [-0.25, -0.2) is 13.8 Å². The Hall–Kier alpha value is -1.54. The average molecular weight is 301 g/mol. The highest BCUT2D eigenvalue weighted by Crippen LogP contribution is 2.35. The number of nitrogens with zero attached hydrogens (tertiary/aromatic N) is 3. The van der Waals surface area contributed by atoms with Gasteiger partial charge in [-0.3, -0.25) is 9.69 Å². The van der Waals surface area contributed by atoms with Gasteiger partial charge in [0.05, 0.1) is 19.3 Å². The molecule has 0 aliphatic carbocycles. The van der Waals surface area contributed by atoms with Crippen molar-refractivity contribution in [2.75, 3.05) is 33.4 Å². The Morgan fingerprint density at radius 2 is 2.33 bits per heavy atom. The number of methoxy groups -OCH3 is 1. The summed E-state index contributed by atoms with van der Waals surface area (Å²) in [5, 5.41) is 0. The average Bonchev–Trinajstić information content (AvgIpc) is 2.96. The highest BCUT2D eigenvalue weighted by atomic mass is 19.3. The van der Waals surface area contributed by atoms with E-state index in [2.05, 4.69) is 4.98 Å². The Kier molecular flexibility index (Phi) is 3.66. The second kappa shape index (κ2) is 5.34. The molecule has 2 aliphatic heterocycles. The van der Waals surface area contributed by atoms with E-state index in [9.17, 15) is 13.6 Å². The van der Waals surface area contributed by atoms with Crippen LogP contribution >= 0.6 is 0 Å². The first-order valence-corrected chi connectivity index (χ1v) is 6.80. The molecule has 2 aliphatic rings. The van der Waals surface area contributed by atoms with Crippen molar-refractivity contribution in [2.45, 2.75) is 24.4 Å². The number of hydrogen-bond acceptors (Lipinski definition) is 5. The van der Waals surface area contributed by atoms with Crippen LogP contribution in [0, 0.1) is 0 Å². The molecule has 3 rings (SSSR count). The predicted octanol–water partition coefficient (Wildman–Crippen LogP) is 0.855. The number of oxazole rings is 1. The van der Waals surface area contributed by atoms with Gasteiger partial charge in [-0.05, 0) is 0 Å². The van der Waals surface area contributed by atoms with E-state index in [0.717, 1.165) is 0 Å². The fourth-order valence-corrected chi connectivity index (χ4v) is 3.01. The normalized spacial score (nSPS) is 26.0. The molecule has 21 heavy (non-hydrogen) atoms. The first-order chi connectivity index (χ1) is 10.00. The molecule has 0 unspecified atom stereocenters. The Balaban J connectivity index is 1.59. The predicted molar refractivity (Wildman–Crippen MR) is 68.1 cm³/mol. The number of amides is 1. The summed E-state index contributed by atoms with van der Waals surface area (Å²) in [6.07, 6.45) is 2.36. The molecular weight excluding hydrogens is 284 g/mol. The molecule has 1 amide bonds. The van der Waals surface area contributed by atoms with Crippen LogP contribution < -0.4 is 0 Å². The number of aromatic nitrogens is 1. The lowest BCUT2D eigenvalue weighted by atomic mass is 10.1. The van der Waals surface area contributed by atoms with E-state index in [0.29, 0.717) is 13.1 Å². The summed E-state index contributed by atoms with van der Waals surface area (Å²) in [6.45, 7) is 0.865. The second-order valence-electron chi connectivity index (χ2n) is 5.57. The molecule has 8 heteroatoms. The van der Waals surface area contributed by atoms with Crippen molar-refractivity contribution in [1.29, 1.82) is 0 Å². The Morgan fingerprint density at radius 3 is 2.95 bits per heavy atom. The highest BCUT2D eigenvalue weighted by Gasteiger charge is 2.50. The molecule has 0 spiro atoms. The molecular formula is C13H17F2N3O3. The molecule has 0 saturated carbocycles. The molecule has 0 aromatic carbocycles. The van der Waals surface area contributed by atoms with Crippen LogP contribution in [0.2, 0.25) is 0 Å². The summed E-state index contributed by atoms with van der Waals surface area (Å²) in [5.74, 6) is -2.76. The van der Waals surface area contributed by atoms with Gasteiger partial charge < -0.3 is 14.1 Å². The standard InChI is InChI=1S/C13H17F2N3O3/c1-20-6-9-2-13(14,15)7-18(9)10-4-17(5-10)12(19)11-3-16-8-21-11/h3,8-10H,2,4-7H2,1H3/t9-/m0/s1. The van der Waals surface area contributed by atoms with E-state index in [1.807, 2.05) is 0 Å². The van der Waals surface area contributed by atoms with Crippen molar-refractivity contribution < 1.29 is 22.7 Å². The molecule has 1 aromatic heterocycles. The third-order valence-electron chi connectivity index (χ3n) is 4.04. The van der Waals surface area contributed by atoms with E-state index >= 15 is 0 Å². The van der Waals surface area contributed by atoms with Crippen molar-refractivity contribution in [3.63, 3.8) is 0 Å². The van der Waals surface area contributed by atoms with Gasteiger partial charge >= 0.3 is 0 Å². The van der Waals surface area contributed by atoms with Gasteiger partial charge in [-0.1, -0.05) is 0 Å². The van der Waals surface area contributed by atoms with Crippen LogP contribution in [0.25, 0.3) is 0 Å². The van der Waals surface area contributed by atoms with Crippen LogP contribution in [0.4, 0.5) is 8.78 Å². The summed E-state index contributed by atoms with van der Waals surface area (Å²) in [7, 11) is 1.51. The van der Waals surface area contributed by atoms with Gasteiger partial charge in [0, 0.05) is 38.7 Å². The summed E-state index contributed by atoms with van der Waals surface area (Å²) >= 11 is 0. The minimum absolute atomic E-state index is 0.0506. The van der Waals surface area contributed by atoms with Crippen LogP contribution in [-0.4, -0.2) is 72.0 Å². The topological polar surface area (TPSA) is 58.8 Å². The highest BCUT2D eigenvalue weighted by molar-refractivity contribution is 5.91. The Morgan fingerprint density at radius 1 is 1.57 bits per heavy atom. The Labute approximate surface area is 120 Å². The quantitative estimate of drug-likeness (QED) is 0.825.